The molecule has 0 aliphatic heterocycles. The molecule has 1 fully saturated rings. The van der Waals surface area contributed by atoms with Gasteiger partial charge < -0.3 is 10.4 Å². The van der Waals surface area contributed by atoms with Crippen LogP contribution in [0.25, 0.3) is 0 Å². The first-order valence-corrected chi connectivity index (χ1v) is 7.33. The van der Waals surface area contributed by atoms with Gasteiger partial charge in [-0.1, -0.05) is 12.8 Å². The number of aliphatic carboxylic acids is 1. The van der Waals surface area contributed by atoms with Crippen molar-refractivity contribution >= 4 is 21.7 Å². The molecule has 1 atom stereocenters. The van der Waals surface area contributed by atoms with Gasteiger partial charge in [0.2, 0.25) is 5.91 Å². The largest absolute Gasteiger partial charge is 0.480 e. The van der Waals surface area contributed by atoms with E-state index >= 15 is 0 Å². The van der Waals surface area contributed by atoms with Gasteiger partial charge in [0.05, 0.1) is 0 Å². The number of hydrogen-bond donors (Lipinski definition) is 2. The molecule has 6 nitrogen and oxygen atoms in total. The summed E-state index contributed by atoms with van der Waals surface area (Å²) in [5.41, 5.74) is 0. The summed E-state index contributed by atoms with van der Waals surface area (Å²) in [5.74, 6) is -1.87. The third-order valence-electron chi connectivity index (χ3n) is 3.25. The molecule has 7 heteroatoms. The normalized spacial score (nSPS) is 20.8. The zero-order chi connectivity index (χ0) is 13.3. The van der Waals surface area contributed by atoms with Gasteiger partial charge >= 0.3 is 5.97 Å². The Morgan fingerprint density at radius 1 is 1.29 bits per heavy atom. The molecule has 0 heterocycles. The molecule has 98 valence electrons. The van der Waals surface area contributed by atoms with Crippen molar-refractivity contribution in [2.75, 3.05) is 6.26 Å². The molecule has 1 aliphatic rings. The highest BCUT2D eigenvalue weighted by molar-refractivity contribution is 7.92. The molecule has 0 aromatic carbocycles. The molecule has 0 bridgehead atoms. The van der Waals surface area contributed by atoms with Gasteiger partial charge in [0.25, 0.3) is 0 Å². The van der Waals surface area contributed by atoms with Crippen molar-refractivity contribution in [2.45, 2.75) is 43.4 Å². The minimum absolute atomic E-state index is 0.268. The summed E-state index contributed by atoms with van der Waals surface area (Å²) in [6.45, 7) is 1.31. The third-order valence-corrected chi connectivity index (χ3v) is 5.27. The van der Waals surface area contributed by atoms with Gasteiger partial charge in [0.1, 0.15) is 10.8 Å². The van der Waals surface area contributed by atoms with Crippen LogP contribution < -0.4 is 5.32 Å². The van der Waals surface area contributed by atoms with Crippen LogP contribution in [0.4, 0.5) is 0 Å². The maximum atomic E-state index is 12.0. The lowest BCUT2D eigenvalue weighted by atomic mass is 10.1. The van der Waals surface area contributed by atoms with Gasteiger partial charge in [-0.15, -0.1) is 0 Å². The molecule has 0 spiro atoms. The second-order valence-corrected chi connectivity index (χ2v) is 6.83. The Morgan fingerprint density at radius 2 is 1.76 bits per heavy atom. The Balaban J connectivity index is 2.94. The summed E-state index contributed by atoms with van der Waals surface area (Å²) >= 11 is 0. The van der Waals surface area contributed by atoms with Crippen LogP contribution in [0.5, 0.6) is 0 Å². The van der Waals surface area contributed by atoms with Crippen LogP contribution in [0.2, 0.25) is 0 Å². The van der Waals surface area contributed by atoms with Crippen LogP contribution in [0.1, 0.15) is 32.6 Å². The number of carboxylic acids is 1. The van der Waals surface area contributed by atoms with Crippen molar-refractivity contribution in [3.05, 3.63) is 0 Å². The zero-order valence-electron chi connectivity index (χ0n) is 9.89. The fourth-order valence-electron chi connectivity index (χ4n) is 2.10. The van der Waals surface area contributed by atoms with E-state index in [-0.39, 0.29) is 12.8 Å². The molecule has 1 amide bonds. The number of carbonyl (C=O) groups excluding carboxylic acids is 1. The highest BCUT2D eigenvalue weighted by atomic mass is 32.2. The van der Waals surface area contributed by atoms with E-state index in [2.05, 4.69) is 5.32 Å². The van der Waals surface area contributed by atoms with Gasteiger partial charge in [-0.3, -0.25) is 9.59 Å². The quantitative estimate of drug-likeness (QED) is 0.739. The maximum Gasteiger partial charge on any atom is 0.325 e. The van der Waals surface area contributed by atoms with Crippen LogP contribution in [-0.4, -0.2) is 42.4 Å². The molecule has 1 aliphatic carbocycles. The Bertz CT molecular complexity index is 422. The Kier molecular flexibility index (Phi) is 3.81. The number of sulfone groups is 1. The van der Waals surface area contributed by atoms with Gasteiger partial charge in [-0.05, 0) is 19.8 Å². The van der Waals surface area contributed by atoms with E-state index in [1.54, 1.807) is 0 Å². The predicted octanol–water partition coefficient (Wildman–Crippen LogP) is -0.0669. The van der Waals surface area contributed by atoms with Crippen LogP contribution in [0.15, 0.2) is 0 Å². The molecule has 1 unspecified atom stereocenters. The van der Waals surface area contributed by atoms with Crippen molar-refractivity contribution in [3.63, 3.8) is 0 Å². The second-order valence-electron chi connectivity index (χ2n) is 4.51. The van der Waals surface area contributed by atoms with E-state index in [0.717, 1.165) is 6.26 Å². The number of rotatable bonds is 4. The van der Waals surface area contributed by atoms with Crippen molar-refractivity contribution in [2.24, 2.45) is 0 Å². The number of hydrogen-bond acceptors (Lipinski definition) is 4. The SMILES string of the molecule is CC(NC(=O)C1(S(C)(=O)=O)CCCC1)C(=O)O. The van der Waals surface area contributed by atoms with Crippen LogP contribution in [-0.2, 0) is 19.4 Å². The highest BCUT2D eigenvalue weighted by Crippen LogP contribution is 2.36. The van der Waals surface area contributed by atoms with E-state index in [1.807, 2.05) is 0 Å². The summed E-state index contributed by atoms with van der Waals surface area (Å²) < 4.78 is 22.0. The molecular formula is C10H17NO5S. The number of carbonyl (C=O) groups is 2. The molecule has 1 saturated carbocycles. The first kappa shape index (κ1) is 14.0. The second kappa shape index (κ2) is 4.64. The van der Waals surface area contributed by atoms with Gasteiger partial charge in [0, 0.05) is 6.26 Å². The van der Waals surface area contributed by atoms with Crippen molar-refractivity contribution in [1.29, 1.82) is 0 Å². The average molecular weight is 263 g/mol. The van der Waals surface area contributed by atoms with E-state index in [0.29, 0.717) is 12.8 Å². The van der Waals surface area contributed by atoms with Crippen molar-refractivity contribution in [3.8, 4) is 0 Å². The molecule has 0 aromatic heterocycles. The minimum Gasteiger partial charge on any atom is -0.480 e. The summed E-state index contributed by atoms with van der Waals surface area (Å²) in [6.07, 6.45) is 2.90. The average Bonchev–Trinajstić information content (AvgIpc) is 2.65. The lowest BCUT2D eigenvalue weighted by molar-refractivity contribution is -0.141. The monoisotopic (exact) mass is 263 g/mol. The number of amides is 1. The van der Waals surface area contributed by atoms with E-state index in [9.17, 15) is 18.0 Å². The molecule has 17 heavy (non-hydrogen) atoms. The summed E-state index contributed by atoms with van der Waals surface area (Å²) in [6, 6.07) is -1.08. The molecule has 0 radical (unpaired) electrons. The predicted molar refractivity (Wildman–Crippen MR) is 61.3 cm³/mol. The molecule has 0 saturated heterocycles. The summed E-state index contributed by atoms with van der Waals surface area (Å²) in [7, 11) is -3.54. The molecule has 0 aromatic rings. The van der Waals surface area contributed by atoms with Crippen LogP contribution in [0, 0.1) is 0 Å². The van der Waals surface area contributed by atoms with Crippen molar-refractivity contribution in [1.82, 2.24) is 5.32 Å². The number of carboxylic acid groups (broad SMARTS) is 1. The third kappa shape index (κ3) is 2.59. The standard InChI is InChI=1S/C10H17NO5S/c1-7(8(12)13)11-9(14)10(17(2,15)16)5-3-4-6-10/h7H,3-6H2,1-2H3,(H,11,14)(H,12,13). The summed E-state index contributed by atoms with van der Waals surface area (Å²) in [5, 5.41) is 10.9. The van der Waals surface area contributed by atoms with Gasteiger partial charge in [-0.2, -0.15) is 0 Å². The van der Waals surface area contributed by atoms with E-state index < -0.39 is 32.5 Å². The fourth-order valence-corrected chi connectivity index (χ4v) is 3.53. The van der Waals surface area contributed by atoms with Gasteiger partial charge in [0.15, 0.2) is 9.84 Å². The lowest BCUT2D eigenvalue weighted by Gasteiger charge is -2.26. The Labute approximate surface area is 100 Å². The molecule has 2 N–H and O–H groups in total. The van der Waals surface area contributed by atoms with Crippen LogP contribution >= 0.6 is 0 Å². The zero-order valence-corrected chi connectivity index (χ0v) is 10.7. The Morgan fingerprint density at radius 3 is 2.12 bits per heavy atom. The first-order chi connectivity index (χ1) is 7.71. The minimum atomic E-state index is -3.54. The maximum absolute atomic E-state index is 12.0. The highest BCUT2D eigenvalue weighted by Gasteiger charge is 2.50. The van der Waals surface area contributed by atoms with Crippen molar-refractivity contribution < 1.29 is 23.1 Å². The molecular weight excluding hydrogens is 246 g/mol. The van der Waals surface area contributed by atoms with E-state index in [1.165, 1.54) is 6.92 Å². The summed E-state index contributed by atoms with van der Waals surface area (Å²) in [4.78, 5) is 22.6. The lowest BCUT2D eigenvalue weighted by Crippen LogP contribution is -2.53. The van der Waals surface area contributed by atoms with Crippen LogP contribution in [0.3, 0.4) is 0 Å². The van der Waals surface area contributed by atoms with E-state index in [4.69, 9.17) is 5.11 Å². The fraction of sp³-hybridized carbons (Fsp3) is 0.800. The smallest absolute Gasteiger partial charge is 0.325 e. The number of nitrogens with one attached hydrogen (secondary N) is 1. The first-order valence-electron chi connectivity index (χ1n) is 5.44. The topological polar surface area (TPSA) is 101 Å². The van der Waals surface area contributed by atoms with Gasteiger partial charge in [-0.25, -0.2) is 8.42 Å². The Hall–Kier alpha value is -1.11. The molecule has 1 rings (SSSR count).